The highest BCUT2D eigenvalue weighted by Crippen LogP contribution is 2.22. The van der Waals surface area contributed by atoms with Crippen LogP contribution in [-0.4, -0.2) is 40.6 Å². The van der Waals surface area contributed by atoms with Gasteiger partial charge in [0.15, 0.2) is 0 Å². The summed E-state index contributed by atoms with van der Waals surface area (Å²) >= 11 is 1.94. The van der Waals surface area contributed by atoms with Gasteiger partial charge in [-0.3, -0.25) is 10.1 Å². The zero-order valence-corrected chi connectivity index (χ0v) is 11.7. The summed E-state index contributed by atoms with van der Waals surface area (Å²) in [6, 6.07) is 0.354. The van der Waals surface area contributed by atoms with E-state index in [1.807, 2.05) is 23.6 Å². The maximum Gasteiger partial charge on any atom is 0.243 e. The second-order valence-electron chi connectivity index (χ2n) is 4.63. The van der Waals surface area contributed by atoms with Crippen LogP contribution in [0.15, 0.2) is 0 Å². The standard InChI is InChI=1S/C12H24N2OS/c1-5-12(4)11(15)14(9-13-12)10(3)7-8-16-6-2/h10,13H,5-9H2,1-4H3. The molecule has 0 spiro atoms. The molecule has 1 saturated heterocycles. The van der Waals surface area contributed by atoms with Gasteiger partial charge in [0.2, 0.25) is 5.91 Å². The highest BCUT2D eigenvalue weighted by Gasteiger charge is 2.42. The summed E-state index contributed by atoms with van der Waals surface area (Å²) in [6.45, 7) is 9.10. The van der Waals surface area contributed by atoms with Gasteiger partial charge in [-0.25, -0.2) is 0 Å². The van der Waals surface area contributed by atoms with E-state index in [0.29, 0.717) is 12.7 Å². The highest BCUT2D eigenvalue weighted by molar-refractivity contribution is 7.99. The highest BCUT2D eigenvalue weighted by atomic mass is 32.2. The Morgan fingerprint density at radius 3 is 2.75 bits per heavy atom. The molecule has 0 aromatic carbocycles. The van der Waals surface area contributed by atoms with Crippen LogP contribution in [0.5, 0.6) is 0 Å². The molecule has 0 bridgehead atoms. The van der Waals surface area contributed by atoms with Gasteiger partial charge < -0.3 is 4.90 Å². The fraction of sp³-hybridized carbons (Fsp3) is 0.917. The first-order valence-electron chi connectivity index (χ1n) is 6.19. The van der Waals surface area contributed by atoms with Crippen LogP contribution >= 0.6 is 11.8 Å². The Labute approximate surface area is 103 Å². The molecule has 94 valence electrons. The molecule has 0 saturated carbocycles. The van der Waals surface area contributed by atoms with Crippen LogP contribution in [0.4, 0.5) is 0 Å². The number of nitrogens with one attached hydrogen (secondary N) is 1. The smallest absolute Gasteiger partial charge is 0.243 e. The summed E-state index contributed by atoms with van der Waals surface area (Å²) in [6.07, 6.45) is 1.95. The zero-order valence-electron chi connectivity index (χ0n) is 10.9. The number of amides is 1. The Morgan fingerprint density at radius 2 is 2.25 bits per heavy atom. The first-order valence-corrected chi connectivity index (χ1v) is 7.34. The summed E-state index contributed by atoms with van der Waals surface area (Å²) in [7, 11) is 0. The number of carbonyl (C=O) groups excluding carboxylic acids is 1. The molecule has 1 fully saturated rings. The predicted molar refractivity (Wildman–Crippen MR) is 70.6 cm³/mol. The van der Waals surface area contributed by atoms with Gasteiger partial charge in [-0.2, -0.15) is 11.8 Å². The van der Waals surface area contributed by atoms with Crippen LogP contribution in [0.2, 0.25) is 0 Å². The van der Waals surface area contributed by atoms with Gasteiger partial charge >= 0.3 is 0 Å². The molecule has 3 nitrogen and oxygen atoms in total. The average molecular weight is 244 g/mol. The van der Waals surface area contributed by atoms with E-state index >= 15 is 0 Å². The van der Waals surface area contributed by atoms with Crippen molar-refractivity contribution < 1.29 is 4.79 Å². The van der Waals surface area contributed by atoms with Crippen molar-refractivity contribution in [2.75, 3.05) is 18.2 Å². The molecule has 1 N–H and O–H groups in total. The quantitative estimate of drug-likeness (QED) is 0.726. The number of carbonyl (C=O) groups is 1. The molecule has 1 heterocycles. The Bertz CT molecular complexity index is 247. The SMILES string of the molecule is CCSCCC(C)N1CNC(C)(CC)C1=O. The summed E-state index contributed by atoms with van der Waals surface area (Å²) in [5, 5.41) is 3.32. The van der Waals surface area contributed by atoms with Gasteiger partial charge in [0.1, 0.15) is 0 Å². The van der Waals surface area contributed by atoms with Crippen LogP contribution in [0, 0.1) is 0 Å². The number of hydrogen-bond donors (Lipinski definition) is 1. The third-order valence-electron chi connectivity index (χ3n) is 3.50. The second-order valence-corrected chi connectivity index (χ2v) is 6.02. The largest absolute Gasteiger partial charge is 0.326 e. The van der Waals surface area contributed by atoms with Crippen LogP contribution in [0.3, 0.4) is 0 Å². The second kappa shape index (κ2) is 5.92. The molecule has 0 aromatic rings. The molecular formula is C12H24N2OS. The normalized spacial score (nSPS) is 27.5. The van der Waals surface area contributed by atoms with E-state index in [4.69, 9.17) is 0 Å². The molecule has 1 rings (SSSR count). The lowest BCUT2D eigenvalue weighted by molar-refractivity contribution is -0.133. The fourth-order valence-corrected chi connectivity index (χ4v) is 2.71. The van der Waals surface area contributed by atoms with Crippen molar-refractivity contribution in [3.8, 4) is 0 Å². The van der Waals surface area contributed by atoms with Crippen molar-refractivity contribution in [2.45, 2.75) is 52.1 Å². The summed E-state index contributed by atoms with van der Waals surface area (Å²) in [4.78, 5) is 14.2. The van der Waals surface area contributed by atoms with E-state index in [9.17, 15) is 4.79 Å². The van der Waals surface area contributed by atoms with Crippen LogP contribution in [0.25, 0.3) is 0 Å². The monoisotopic (exact) mass is 244 g/mol. The molecule has 1 aliphatic rings. The number of nitrogens with zero attached hydrogens (tertiary/aromatic N) is 1. The van der Waals surface area contributed by atoms with E-state index in [1.54, 1.807) is 0 Å². The summed E-state index contributed by atoms with van der Waals surface area (Å²) in [5.41, 5.74) is -0.327. The molecule has 1 aliphatic heterocycles. The zero-order chi connectivity index (χ0) is 12.2. The lowest BCUT2D eigenvalue weighted by atomic mass is 9.99. The van der Waals surface area contributed by atoms with E-state index in [-0.39, 0.29) is 11.4 Å². The topological polar surface area (TPSA) is 32.3 Å². The van der Waals surface area contributed by atoms with Gasteiger partial charge in [-0.1, -0.05) is 13.8 Å². The lowest BCUT2D eigenvalue weighted by Gasteiger charge is -2.26. The van der Waals surface area contributed by atoms with Crippen molar-refractivity contribution in [1.82, 2.24) is 10.2 Å². The Kier molecular flexibility index (Phi) is 5.12. The van der Waals surface area contributed by atoms with Gasteiger partial charge in [-0.05, 0) is 38.2 Å². The van der Waals surface area contributed by atoms with Crippen LogP contribution < -0.4 is 5.32 Å². The number of rotatable bonds is 6. The van der Waals surface area contributed by atoms with E-state index in [2.05, 4.69) is 26.1 Å². The number of hydrogen-bond acceptors (Lipinski definition) is 3. The molecule has 4 heteroatoms. The van der Waals surface area contributed by atoms with E-state index in [1.165, 1.54) is 0 Å². The minimum atomic E-state index is -0.327. The summed E-state index contributed by atoms with van der Waals surface area (Å²) < 4.78 is 0. The van der Waals surface area contributed by atoms with Crippen LogP contribution in [0.1, 0.15) is 40.5 Å². The Balaban J connectivity index is 2.47. The van der Waals surface area contributed by atoms with E-state index in [0.717, 1.165) is 24.3 Å². The molecule has 2 atom stereocenters. The maximum atomic E-state index is 12.2. The number of thioether (sulfide) groups is 1. The molecule has 0 aliphatic carbocycles. The average Bonchev–Trinajstić information content (AvgIpc) is 2.57. The molecular weight excluding hydrogens is 220 g/mol. The van der Waals surface area contributed by atoms with E-state index < -0.39 is 0 Å². The fourth-order valence-electron chi connectivity index (χ4n) is 1.91. The summed E-state index contributed by atoms with van der Waals surface area (Å²) in [5.74, 6) is 2.57. The van der Waals surface area contributed by atoms with Crippen molar-refractivity contribution in [2.24, 2.45) is 0 Å². The molecule has 16 heavy (non-hydrogen) atoms. The van der Waals surface area contributed by atoms with Gasteiger partial charge in [0, 0.05) is 6.04 Å². The Morgan fingerprint density at radius 1 is 1.56 bits per heavy atom. The van der Waals surface area contributed by atoms with Crippen LogP contribution in [-0.2, 0) is 4.79 Å². The minimum absolute atomic E-state index is 0.268. The predicted octanol–water partition coefficient (Wildman–Crippen LogP) is 2.08. The molecule has 2 unspecified atom stereocenters. The van der Waals surface area contributed by atoms with Gasteiger partial charge in [0.25, 0.3) is 0 Å². The van der Waals surface area contributed by atoms with Crippen molar-refractivity contribution in [3.05, 3.63) is 0 Å². The van der Waals surface area contributed by atoms with Crippen molar-refractivity contribution >= 4 is 17.7 Å². The van der Waals surface area contributed by atoms with Gasteiger partial charge in [-0.15, -0.1) is 0 Å². The third kappa shape index (κ3) is 2.92. The first-order chi connectivity index (χ1) is 7.55. The minimum Gasteiger partial charge on any atom is -0.326 e. The van der Waals surface area contributed by atoms with Gasteiger partial charge in [0.05, 0.1) is 12.2 Å². The molecule has 0 aromatic heterocycles. The molecule has 0 radical (unpaired) electrons. The van der Waals surface area contributed by atoms with Crippen molar-refractivity contribution in [3.63, 3.8) is 0 Å². The Hall–Kier alpha value is -0.220. The first kappa shape index (κ1) is 13.8. The van der Waals surface area contributed by atoms with Crippen molar-refractivity contribution in [1.29, 1.82) is 0 Å². The molecule has 1 amide bonds. The third-order valence-corrected chi connectivity index (χ3v) is 4.43. The lowest BCUT2D eigenvalue weighted by Crippen LogP contribution is -2.44. The maximum absolute atomic E-state index is 12.2.